The Morgan fingerprint density at radius 2 is 2.11 bits per heavy atom. The Kier molecular flexibility index (Phi) is 4.91. The van der Waals surface area contributed by atoms with Crippen LogP contribution < -0.4 is 0 Å². The van der Waals surface area contributed by atoms with Crippen LogP contribution in [0.2, 0.25) is 0 Å². The van der Waals surface area contributed by atoms with E-state index in [1.807, 2.05) is 44.2 Å². The molecule has 0 saturated carbocycles. The minimum absolute atomic E-state index is 0.0471. The van der Waals surface area contributed by atoms with Crippen molar-refractivity contribution in [2.45, 2.75) is 57.1 Å². The Morgan fingerprint density at radius 1 is 1.36 bits per heavy atom. The number of thioether (sulfide) groups is 1. The summed E-state index contributed by atoms with van der Waals surface area (Å²) in [7, 11) is 0. The lowest BCUT2D eigenvalue weighted by Gasteiger charge is -2.34. The molecule has 2 aliphatic rings. The average Bonchev–Trinajstić information content (AvgIpc) is 3.36. The zero-order valence-electron chi connectivity index (χ0n) is 16.3. The third-order valence-corrected chi connectivity index (χ3v) is 6.93. The second-order valence-corrected chi connectivity index (χ2v) is 9.19. The van der Waals surface area contributed by atoms with Crippen LogP contribution >= 0.6 is 11.8 Å². The van der Waals surface area contributed by atoms with Crippen LogP contribution in [0.15, 0.2) is 34.7 Å². The van der Waals surface area contributed by atoms with Gasteiger partial charge in [0.25, 0.3) is 0 Å². The van der Waals surface area contributed by atoms with Crippen LogP contribution in [0.3, 0.4) is 0 Å². The van der Waals surface area contributed by atoms with Gasteiger partial charge in [-0.05, 0) is 39.3 Å². The molecule has 0 unspecified atom stereocenters. The van der Waals surface area contributed by atoms with Gasteiger partial charge in [0.1, 0.15) is 6.04 Å². The van der Waals surface area contributed by atoms with E-state index >= 15 is 0 Å². The van der Waals surface area contributed by atoms with E-state index in [4.69, 9.17) is 4.42 Å². The molecule has 0 N–H and O–H groups in total. The molecule has 0 spiro atoms. The van der Waals surface area contributed by atoms with Gasteiger partial charge in [0, 0.05) is 23.8 Å². The van der Waals surface area contributed by atoms with E-state index in [0.717, 1.165) is 12.0 Å². The highest BCUT2D eigenvalue weighted by molar-refractivity contribution is 8.01. The van der Waals surface area contributed by atoms with Crippen molar-refractivity contribution in [1.29, 1.82) is 0 Å². The highest BCUT2D eigenvalue weighted by Crippen LogP contribution is 2.47. The van der Waals surface area contributed by atoms with Crippen LogP contribution in [-0.2, 0) is 16.1 Å². The molecule has 0 radical (unpaired) electrons. The van der Waals surface area contributed by atoms with Crippen LogP contribution in [0.25, 0.3) is 11.5 Å². The largest absolute Gasteiger partial charge is 0.419 e. The number of hydrogen-bond donors (Lipinski definition) is 0. The van der Waals surface area contributed by atoms with Crippen molar-refractivity contribution in [3.63, 3.8) is 0 Å². The van der Waals surface area contributed by atoms with E-state index < -0.39 is 6.04 Å². The maximum atomic E-state index is 13.3. The molecule has 28 heavy (non-hydrogen) atoms. The quantitative estimate of drug-likeness (QED) is 0.768. The van der Waals surface area contributed by atoms with Gasteiger partial charge in [-0.25, -0.2) is 0 Å². The zero-order valence-corrected chi connectivity index (χ0v) is 17.1. The Bertz CT molecular complexity index is 885. The van der Waals surface area contributed by atoms with Gasteiger partial charge in [-0.1, -0.05) is 18.2 Å². The van der Waals surface area contributed by atoms with Gasteiger partial charge in [0.15, 0.2) is 0 Å². The molecular formula is C20H24N4O3S. The van der Waals surface area contributed by atoms with Gasteiger partial charge in [0.2, 0.25) is 23.6 Å². The van der Waals surface area contributed by atoms with E-state index in [2.05, 4.69) is 17.1 Å². The van der Waals surface area contributed by atoms with E-state index in [9.17, 15) is 9.59 Å². The summed E-state index contributed by atoms with van der Waals surface area (Å²) in [6.45, 7) is 6.20. The molecule has 2 atom stereocenters. The van der Waals surface area contributed by atoms with Gasteiger partial charge < -0.3 is 14.2 Å². The zero-order chi connectivity index (χ0) is 19.9. The summed E-state index contributed by atoms with van der Waals surface area (Å²) in [6, 6.07) is 9.07. The van der Waals surface area contributed by atoms with Gasteiger partial charge >= 0.3 is 0 Å². The predicted molar refractivity (Wildman–Crippen MR) is 106 cm³/mol. The smallest absolute Gasteiger partial charge is 0.247 e. The summed E-state index contributed by atoms with van der Waals surface area (Å²) in [5.74, 6) is 1.47. The van der Waals surface area contributed by atoms with Crippen LogP contribution in [-0.4, -0.2) is 54.5 Å². The topological polar surface area (TPSA) is 79.5 Å². The first-order valence-corrected chi connectivity index (χ1v) is 10.5. The van der Waals surface area contributed by atoms with E-state index in [0.29, 0.717) is 24.0 Å². The molecule has 2 fully saturated rings. The van der Waals surface area contributed by atoms with Crippen molar-refractivity contribution >= 4 is 23.6 Å². The highest BCUT2D eigenvalue weighted by Gasteiger charge is 2.53. The maximum Gasteiger partial charge on any atom is 0.247 e. The molecule has 8 heteroatoms. The molecule has 148 valence electrons. The average molecular weight is 401 g/mol. The fourth-order valence-corrected chi connectivity index (χ4v) is 5.29. The fourth-order valence-electron chi connectivity index (χ4n) is 3.87. The van der Waals surface area contributed by atoms with Gasteiger partial charge in [-0.15, -0.1) is 22.0 Å². The SMILES string of the molecule is CC(C)N(Cc1nnc(-c2ccccc2)o1)C(=O)[C@H]1CS[C@@]2(C)CCC(=O)N12. The second kappa shape index (κ2) is 7.24. The van der Waals surface area contributed by atoms with Gasteiger partial charge in [-0.3, -0.25) is 9.59 Å². The van der Waals surface area contributed by atoms with E-state index in [-0.39, 0.29) is 29.3 Å². The van der Waals surface area contributed by atoms with Crippen molar-refractivity contribution in [2.24, 2.45) is 0 Å². The van der Waals surface area contributed by atoms with Crippen molar-refractivity contribution in [3.05, 3.63) is 36.2 Å². The van der Waals surface area contributed by atoms with Gasteiger partial charge in [-0.2, -0.15) is 0 Å². The van der Waals surface area contributed by atoms with Crippen LogP contribution in [0.5, 0.6) is 0 Å². The maximum absolute atomic E-state index is 13.3. The van der Waals surface area contributed by atoms with Crippen LogP contribution in [0.1, 0.15) is 39.5 Å². The standard InChI is InChI=1S/C20H24N4O3S/c1-13(2)23(11-16-21-22-18(27-16)14-7-5-4-6-8-14)19(26)15-12-28-20(3)10-9-17(25)24(15)20/h4-8,13,15H,9-12H2,1-3H3/t15-,20+/m1/s1. The number of aromatic nitrogens is 2. The van der Waals surface area contributed by atoms with Gasteiger partial charge in [0.05, 0.1) is 11.4 Å². The molecule has 4 rings (SSSR count). The summed E-state index contributed by atoms with van der Waals surface area (Å²) in [4.78, 5) is 29.0. The molecule has 1 aromatic heterocycles. The van der Waals surface area contributed by atoms with Crippen molar-refractivity contribution in [2.75, 3.05) is 5.75 Å². The number of nitrogens with zero attached hydrogens (tertiary/aromatic N) is 4. The molecular weight excluding hydrogens is 376 g/mol. The fraction of sp³-hybridized carbons (Fsp3) is 0.500. The summed E-state index contributed by atoms with van der Waals surface area (Å²) >= 11 is 1.70. The highest BCUT2D eigenvalue weighted by atomic mass is 32.2. The summed E-state index contributed by atoms with van der Waals surface area (Å²) < 4.78 is 5.79. The minimum Gasteiger partial charge on any atom is -0.419 e. The van der Waals surface area contributed by atoms with E-state index in [1.54, 1.807) is 21.6 Å². The summed E-state index contributed by atoms with van der Waals surface area (Å²) in [6.07, 6.45) is 1.31. The first-order chi connectivity index (χ1) is 13.4. The number of amides is 2. The number of benzene rings is 1. The first kappa shape index (κ1) is 19.0. The number of carbonyl (C=O) groups excluding carboxylic acids is 2. The van der Waals surface area contributed by atoms with Crippen LogP contribution in [0.4, 0.5) is 0 Å². The third-order valence-electron chi connectivity index (χ3n) is 5.43. The van der Waals surface area contributed by atoms with Crippen molar-refractivity contribution in [1.82, 2.24) is 20.0 Å². The summed E-state index contributed by atoms with van der Waals surface area (Å²) in [5.41, 5.74) is 0.842. The predicted octanol–water partition coefficient (Wildman–Crippen LogP) is 2.93. The number of rotatable bonds is 5. The molecule has 7 nitrogen and oxygen atoms in total. The Hall–Kier alpha value is -2.35. The molecule has 2 aromatic rings. The molecule has 2 aliphatic heterocycles. The van der Waals surface area contributed by atoms with Crippen molar-refractivity contribution in [3.8, 4) is 11.5 Å². The second-order valence-electron chi connectivity index (χ2n) is 7.69. The number of fused-ring (bicyclic) bond motifs is 1. The lowest BCUT2D eigenvalue weighted by Crippen LogP contribution is -2.52. The monoisotopic (exact) mass is 400 g/mol. The lowest BCUT2D eigenvalue weighted by atomic mass is 10.1. The molecule has 3 heterocycles. The summed E-state index contributed by atoms with van der Waals surface area (Å²) in [5, 5.41) is 8.23. The molecule has 1 aromatic carbocycles. The first-order valence-electron chi connectivity index (χ1n) is 9.53. The van der Waals surface area contributed by atoms with E-state index in [1.165, 1.54) is 0 Å². The van der Waals surface area contributed by atoms with Crippen molar-refractivity contribution < 1.29 is 14.0 Å². The molecule has 0 bridgehead atoms. The Labute approximate surface area is 168 Å². The number of hydrogen-bond acceptors (Lipinski definition) is 6. The molecule has 2 amide bonds. The lowest BCUT2D eigenvalue weighted by molar-refractivity contribution is -0.145. The molecule has 0 aliphatic carbocycles. The normalized spacial score (nSPS) is 24.1. The minimum atomic E-state index is -0.427. The molecule has 2 saturated heterocycles. The Balaban J connectivity index is 1.53. The third kappa shape index (κ3) is 3.30. The number of carbonyl (C=O) groups is 2. The Morgan fingerprint density at radius 3 is 2.82 bits per heavy atom. The van der Waals surface area contributed by atoms with Crippen LogP contribution in [0, 0.1) is 0 Å².